The van der Waals surface area contributed by atoms with Crippen LogP contribution >= 0.6 is 23.1 Å². The van der Waals surface area contributed by atoms with Gasteiger partial charge in [0.1, 0.15) is 0 Å². The summed E-state index contributed by atoms with van der Waals surface area (Å²) in [5.41, 5.74) is 4.34. The molecule has 0 aliphatic carbocycles. The highest BCUT2D eigenvalue weighted by atomic mass is 32.2. The molecule has 1 aromatic rings. The van der Waals surface area contributed by atoms with Crippen molar-refractivity contribution in [3.8, 4) is 0 Å². The monoisotopic (exact) mass is 242 g/mol. The van der Waals surface area contributed by atoms with Crippen LogP contribution in [0.3, 0.4) is 0 Å². The molecule has 1 aliphatic rings. The molecule has 1 aromatic heterocycles. The van der Waals surface area contributed by atoms with Crippen molar-refractivity contribution in [2.45, 2.75) is 37.5 Å². The second kappa shape index (κ2) is 4.45. The lowest BCUT2D eigenvalue weighted by atomic mass is 9.92. The van der Waals surface area contributed by atoms with Crippen molar-refractivity contribution >= 4 is 23.1 Å². The fourth-order valence-corrected chi connectivity index (χ4v) is 4.41. The fraction of sp³-hybridized carbons (Fsp3) is 0.636. The Hall–Kier alpha value is -0.0300. The smallest absolute Gasteiger partial charge is 0.0612 e. The molecule has 1 fully saturated rings. The van der Waals surface area contributed by atoms with Gasteiger partial charge in [-0.05, 0) is 49.5 Å². The lowest BCUT2D eigenvalue weighted by Gasteiger charge is -2.32. The van der Waals surface area contributed by atoms with Gasteiger partial charge in [0.25, 0.3) is 0 Å². The first kappa shape index (κ1) is 11.5. The lowest BCUT2D eigenvalue weighted by Crippen LogP contribution is -2.41. The zero-order chi connectivity index (χ0) is 10.9. The number of nitrogens with two attached hydrogens (primary N) is 1. The fourth-order valence-electron chi connectivity index (χ4n) is 2.27. The summed E-state index contributed by atoms with van der Waals surface area (Å²) in [6, 6.07) is 2.54. The lowest BCUT2D eigenvalue weighted by molar-refractivity contribution is 0.421. The molecule has 0 spiro atoms. The Morgan fingerprint density at radius 2 is 2.40 bits per heavy atom. The van der Waals surface area contributed by atoms with Gasteiger partial charge in [-0.15, -0.1) is 11.3 Å². The minimum atomic E-state index is 0.266. The summed E-state index contributed by atoms with van der Waals surface area (Å²) in [6.45, 7) is 4.47. The van der Waals surface area contributed by atoms with Gasteiger partial charge in [-0.1, -0.05) is 0 Å². The van der Waals surface area contributed by atoms with Gasteiger partial charge in [0.15, 0.2) is 0 Å². The van der Waals surface area contributed by atoms with Crippen LogP contribution in [-0.4, -0.2) is 10.5 Å². The van der Waals surface area contributed by atoms with E-state index in [9.17, 15) is 0 Å². The van der Waals surface area contributed by atoms with E-state index in [0.717, 1.165) is 0 Å². The first-order valence-corrected chi connectivity index (χ1v) is 7.17. The van der Waals surface area contributed by atoms with E-state index in [1.54, 1.807) is 11.3 Å². The molecule has 2 nitrogen and oxygen atoms in total. The third-order valence-electron chi connectivity index (χ3n) is 3.11. The second-order valence-corrected chi connectivity index (χ2v) is 7.10. The number of nitrogens with one attached hydrogen (secondary N) is 1. The molecule has 2 unspecified atom stereocenters. The van der Waals surface area contributed by atoms with Crippen LogP contribution < -0.4 is 11.3 Å². The third-order valence-corrected chi connectivity index (χ3v) is 5.58. The maximum Gasteiger partial charge on any atom is 0.0612 e. The maximum absolute atomic E-state index is 5.72. The van der Waals surface area contributed by atoms with Crippen molar-refractivity contribution in [1.82, 2.24) is 5.43 Å². The average Bonchev–Trinajstić information content (AvgIpc) is 2.78. The van der Waals surface area contributed by atoms with Crippen molar-refractivity contribution < 1.29 is 0 Å². The van der Waals surface area contributed by atoms with E-state index in [2.05, 4.69) is 30.7 Å². The highest BCUT2D eigenvalue weighted by Gasteiger charge is 2.38. The zero-order valence-corrected chi connectivity index (χ0v) is 10.9. The highest BCUT2D eigenvalue weighted by molar-refractivity contribution is 8.00. The van der Waals surface area contributed by atoms with E-state index in [1.165, 1.54) is 29.0 Å². The van der Waals surface area contributed by atoms with Crippen LogP contribution in [0.15, 0.2) is 11.4 Å². The predicted octanol–water partition coefficient (Wildman–Crippen LogP) is 2.85. The van der Waals surface area contributed by atoms with E-state index in [4.69, 9.17) is 5.84 Å². The Balaban J connectivity index is 2.23. The molecule has 0 saturated carbocycles. The molecule has 0 amide bonds. The van der Waals surface area contributed by atoms with Crippen LogP contribution in [0.4, 0.5) is 0 Å². The van der Waals surface area contributed by atoms with E-state index in [-0.39, 0.29) is 10.8 Å². The molecule has 2 heterocycles. The number of aryl methyl sites for hydroxylation is 1. The van der Waals surface area contributed by atoms with Crippen LogP contribution in [0.25, 0.3) is 0 Å². The largest absolute Gasteiger partial charge is 0.271 e. The topological polar surface area (TPSA) is 38.0 Å². The van der Waals surface area contributed by atoms with Crippen LogP contribution in [-0.2, 0) is 0 Å². The summed E-state index contributed by atoms with van der Waals surface area (Å²) in [4.78, 5) is 1.36. The van der Waals surface area contributed by atoms with Crippen molar-refractivity contribution in [2.24, 2.45) is 5.84 Å². The number of hydrazine groups is 1. The molecule has 1 aliphatic heterocycles. The molecule has 0 radical (unpaired) electrons. The van der Waals surface area contributed by atoms with E-state index in [0.29, 0.717) is 0 Å². The van der Waals surface area contributed by atoms with Crippen molar-refractivity contribution in [2.75, 3.05) is 5.75 Å². The Morgan fingerprint density at radius 1 is 1.60 bits per heavy atom. The first-order valence-electron chi connectivity index (χ1n) is 5.31. The molecular weight excluding hydrogens is 224 g/mol. The Kier molecular flexibility index (Phi) is 3.40. The molecule has 0 aromatic carbocycles. The van der Waals surface area contributed by atoms with E-state index in [1.807, 2.05) is 11.8 Å². The van der Waals surface area contributed by atoms with Crippen LogP contribution in [0.5, 0.6) is 0 Å². The molecule has 15 heavy (non-hydrogen) atoms. The Bertz CT molecular complexity index is 329. The van der Waals surface area contributed by atoms with E-state index < -0.39 is 0 Å². The molecular formula is C11H18N2S2. The Morgan fingerprint density at radius 3 is 2.87 bits per heavy atom. The second-order valence-electron chi connectivity index (χ2n) is 4.36. The molecule has 1 saturated heterocycles. The summed E-state index contributed by atoms with van der Waals surface area (Å²) in [5.74, 6) is 6.98. The summed E-state index contributed by atoms with van der Waals surface area (Å²) in [5, 5.41) is 2.23. The normalized spacial score (nSPS) is 28.2. The Labute approximate surface area is 99.6 Å². The quantitative estimate of drug-likeness (QED) is 0.632. The maximum atomic E-state index is 5.72. The van der Waals surface area contributed by atoms with Gasteiger partial charge in [0.05, 0.1) is 6.04 Å². The summed E-state index contributed by atoms with van der Waals surface area (Å²) >= 11 is 3.84. The van der Waals surface area contributed by atoms with Crippen molar-refractivity contribution in [3.05, 3.63) is 21.9 Å². The molecule has 2 rings (SSSR count). The third kappa shape index (κ3) is 2.23. The predicted molar refractivity (Wildman–Crippen MR) is 69.2 cm³/mol. The molecule has 4 heteroatoms. The standard InChI is InChI=1S/C11H18N2S2/c1-8-6-9(7-14-8)10(13-12)11(2)4-3-5-15-11/h6-7,10,13H,3-5,12H2,1-2H3. The number of hydrogen-bond acceptors (Lipinski definition) is 4. The summed E-state index contributed by atoms with van der Waals surface area (Å²) in [7, 11) is 0. The van der Waals surface area contributed by atoms with Crippen molar-refractivity contribution in [1.29, 1.82) is 0 Å². The average molecular weight is 242 g/mol. The SMILES string of the molecule is Cc1cc(C(NN)C2(C)CCCS2)cs1. The van der Waals surface area contributed by atoms with Gasteiger partial charge in [0.2, 0.25) is 0 Å². The van der Waals surface area contributed by atoms with Gasteiger partial charge in [0, 0.05) is 9.62 Å². The van der Waals surface area contributed by atoms with Gasteiger partial charge < -0.3 is 0 Å². The molecule has 2 atom stereocenters. The molecule has 3 N–H and O–H groups in total. The van der Waals surface area contributed by atoms with E-state index >= 15 is 0 Å². The summed E-state index contributed by atoms with van der Waals surface area (Å²) in [6.07, 6.45) is 2.56. The zero-order valence-electron chi connectivity index (χ0n) is 9.25. The molecule has 0 bridgehead atoms. The van der Waals surface area contributed by atoms with Crippen molar-refractivity contribution in [3.63, 3.8) is 0 Å². The van der Waals surface area contributed by atoms with Crippen LogP contribution in [0.2, 0.25) is 0 Å². The number of thioether (sulfide) groups is 1. The summed E-state index contributed by atoms with van der Waals surface area (Å²) < 4.78 is 0.266. The number of hydrogen-bond donors (Lipinski definition) is 2. The molecule has 84 valence electrons. The van der Waals surface area contributed by atoms with Gasteiger partial charge in [-0.2, -0.15) is 11.8 Å². The number of rotatable bonds is 3. The highest BCUT2D eigenvalue weighted by Crippen LogP contribution is 2.46. The minimum absolute atomic E-state index is 0.266. The first-order chi connectivity index (χ1) is 7.15. The van der Waals surface area contributed by atoms with Gasteiger partial charge in [-0.25, -0.2) is 0 Å². The van der Waals surface area contributed by atoms with Crippen LogP contribution in [0, 0.1) is 6.92 Å². The van der Waals surface area contributed by atoms with Gasteiger partial charge in [-0.3, -0.25) is 11.3 Å². The minimum Gasteiger partial charge on any atom is -0.271 e. The van der Waals surface area contributed by atoms with Crippen LogP contribution in [0.1, 0.15) is 36.2 Å². The number of thiophene rings is 1. The van der Waals surface area contributed by atoms with Gasteiger partial charge >= 0.3 is 0 Å².